The number of fused-ring (bicyclic) bond motifs is 7. The maximum atomic E-state index is 14.7. The SMILES string of the molecule is C[C@@H]1CC[C@@]2(OC1)O[C@H]1C[C@H]3[C@@H]4CC[C@H]5C[C@@H](O[C@@H]6O[C@H](CO)[C@H](O[C@@H]7O[C@H](CO)[C@@H](O)[C@H](O[C@@H]8O[C@H](CO)[C@@H](O)[C@H](O)[C@H]8O)[C@H]7O[C@@H]7O[C@H](CO)[C@@H](O)[C@H](O)[C@H]7O)[C@H](O)[C@H]6O)CC[C@]5(C)[C@H]4CC(=O)[C@]3(C)[C@H]1[C@@H]2C. The molecule has 10 rings (SSSR count). The third-order valence-corrected chi connectivity index (χ3v) is 20.3. The van der Waals surface area contributed by atoms with Crippen LogP contribution in [-0.4, -0.2) is 246 Å². The summed E-state index contributed by atoms with van der Waals surface area (Å²) in [5.41, 5.74) is -0.651. The summed E-state index contributed by atoms with van der Waals surface area (Å²) in [4.78, 5) is 14.7. The first kappa shape index (κ1) is 57.0. The van der Waals surface area contributed by atoms with E-state index >= 15 is 0 Å². The van der Waals surface area contributed by atoms with Gasteiger partial charge in [-0.3, -0.25) is 4.79 Å². The summed E-state index contributed by atoms with van der Waals surface area (Å²) in [6.45, 7) is 6.12. The van der Waals surface area contributed by atoms with Crippen LogP contribution in [0.25, 0.3) is 0 Å². The summed E-state index contributed by atoms with van der Waals surface area (Å²) in [6, 6.07) is 0. The Bertz CT molecular complexity index is 1960. The summed E-state index contributed by atoms with van der Waals surface area (Å²) < 4.78 is 61.2. The molecule has 24 heteroatoms. The fourth-order valence-corrected chi connectivity index (χ4v) is 15.8. The number of aliphatic hydroxyl groups excluding tert-OH is 13. The predicted octanol–water partition coefficient (Wildman–Crippen LogP) is -3.73. The number of ether oxygens (including phenoxy) is 10. The van der Waals surface area contributed by atoms with E-state index in [1.807, 2.05) is 0 Å². The van der Waals surface area contributed by atoms with Gasteiger partial charge in [-0.1, -0.05) is 27.7 Å². The van der Waals surface area contributed by atoms with E-state index in [9.17, 15) is 71.2 Å². The highest BCUT2D eigenvalue weighted by Crippen LogP contribution is 2.70. The van der Waals surface area contributed by atoms with Crippen LogP contribution in [0.15, 0.2) is 0 Å². The lowest BCUT2D eigenvalue weighted by Gasteiger charge is -2.60. The second kappa shape index (κ2) is 21.9. The van der Waals surface area contributed by atoms with Crippen LogP contribution in [-0.2, 0) is 52.2 Å². The van der Waals surface area contributed by atoms with Gasteiger partial charge in [-0.25, -0.2) is 0 Å². The quantitative estimate of drug-likeness (QED) is 0.0836. The highest BCUT2D eigenvalue weighted by Gasteiger charge is 2.72. The summed E-state index contributed by atoms with van der Waals surface area (Å²) >= 11 is 0. The largest absolute Gasteiger partial charge is 0.394 e. The Balaban J connectivity index is 0.827. The zero-order chi connectivity index (χ0) is 53.8. The highest BCUT2D eigenvalue weighted by atomic mass is 16.8. The normalized spacial score (nSPS) is 57.0. The summed E-state index contributed by atoms with van der Waals surface area (Å²) in [7, 11) is 0. The number of carbonyl (C=O) groups excluding carboxylic acids is 1. The molecule has 4 aliphatic carbocycles. The first-order valence-electron chi connectivity index (χ1n) is 27.3. The van der Waals surface area contributed by atoms with E-state index in [1.165, 1.54) is 0 Å². The van der Waals surface area contributed by atoms with E-state index in [0.717, 1.165) is 38.5 Å². The van der Waals surface area contributed by atoms with E-state index in [2.05, 4.69) is 27.7 Å². The van der Waals surface area contributed by atoms with Gasteiger partial charge in [-0.15, -0.1) is 0 Å². The van der Waals surface area contributed by atoms with Crippen LogP contribution in [0.2, 0.25) is 0 Å². The molecule has 0 bridgehead atoms. The van der Waals surface area contributed by atoms with Gasteiger partial charge in [0.2, 0.25) is 0 Å². The van der Waals surface area contributed by atoms with E-state index in [4.69, 9.17) is 47.4 Å². The molecular weight excluding hydrogens is 997 g/mol. The smallest absolute Gasteiger partial charge is 0.187 e. The van der Waals surface area contributed by atoms with Gasteiger partial charge in [0.25, 0.3) is 0 Å². The van der Waals surface area contributed by atoms with Gasteiger partial charge < -0.3 is 114 Å². The van der Waals surface area contributed by atoms with Crippen molar-refractivity contribution in [2.24, 2.45) is 52.3 Å². The molecule has 10 fully saturated rings. The lowest BCUT2D eigenvalue weighted by atomic mass is 9.44. The van der Waals surface area contributed by atoms with Gasteiger partial charge in [0.05, 0.1) is 45.2 Å². The Morgan fingerprint density at radius 3 is 1.69 bits per heavy atom. The average molecular weight is 1080 g/mol. The fourth-order valence-electron chi connectivity index (χ4n) is 15.8. The van der Waals surface area contributed by atoms with Gasteiger partial charge >= 0.3 is 0 Å². The molecule has 0 unspecified atom stereocenters. The molecule has 75 heavy (non-hydrogen) atoms. The van der Waals surface area contributed by atoms with E-state index in [1.54, 1.807) is 0 Å². The van der Waals surface area contributed by atoms with Crippen LogP contribution in [0.3, 0.4) is 0 Å². The Kier molecular flexibility index (Phi) is 16.7. The van der Waals surface area contributed by atoms with Crippen molar-refractivity contribution < 1.29 is 119 Å². The molecule has 13 N–H and O–H groups in total. The monoisotopic (exact) mass is 1080 g/mol. The van der Waals surface area contributed by atoms with Gasteiger partial charge in [-0.2, -0.15) is 0 Å². The van der Waals surface area contributed by atoms with E-state index in [0.29, 0.717) is 43.5 Å². The zero-order valence-electron chi connectivity index (χ0n) is 42.9. The van der Waals surface area contributed by atoms with Crippen LogP contribution in [0, 0.1) is 52.3 Å². The molecule has 0 amide bonds. The molecule has 6 saturated heterocycles. The van der Waals surface area contributed by atoms with Crippen LogP contribution in [0.5, 0.6) is 0 Å². The molecule has 0 aromatic carbocycles. The van der Waals surface area contributed by atoms with E-state index in [-0.39, 0.29) is 41.1 Å². The van der Waals surface area contributed by atoms with Crippen molar-refractivity contribution in [3.63, 3.8) is 0 Å². The lowest BCUT2D eigenvalue weighted by molar-refractivity contribution is -0.406. The predicted molar refractivity (Wildman–Crippen MR) is 249 cm³/mol. The summed E-state index contributed by atoms with van der Waals surface area (Å²) in [5, 5.41) is 140. The molecule has 0 aromatic rings. The minimum atomic E-state index is -2.05. The minimum absolute atomic E-state index is 0.0198. The third kappa shape index (κ3) is 9.60. The molecule has 32 atom stereocenters. The number of ketones is 1. The molecule has 10 aliphatic rings. The summed E-state index contributed by atoms with van der Waals surface area (Å²) in [5.74, 6) is 1.32. The van der Waals surface area contributed by atoms with Crippen molar-refractivity contribution in [1.82, 2.24) is 0 Å². The maximum Gasteiger partial charge on any atom is 0.187 e. The average Bonchev–Trinajstić information content (AvgIpc) is 3.87. The fraction of sp³-hybridized carbons (Fsp3) is 0.980. The van der Waals surface area contributed by atoms with Gasteiger partial charge in [0, 0.05) is 30.1 Å². The van der Waals surface area contributed by atoms with Crippen LogP contribution in [0.1, 0.15) is 85.5 Å². The number of aliphatic hydroxyl groups is 13. The molecular formula is C51H82O24. The van der Waals surface area contributed by atoms with Crippen molar-refractivity contribution in [3.8, 4) is 0 Å². The molecule has 6 aliphatic heterocycles. The third-order valence-electron chi connectivity index (χ3n) is 20.3. The molecule has 24 nitrogen and oxygen atoms in total. The number of hydrogen-bond donors (Lipinski definition) is 13. The van der Waals surface area contributed by atoms with Crippen LogP contribution < -0.4 is 0 Å². The molecule has 1 spiro atoms. The number of rotatable bonds is 12. The lowest BCUT2D eigenvalue weighted by Crippen LogP contribution is -2.68. The van der Waals surface area contributed by atoms with Gasteiger partial charge in [0.15, 0.2) is 30.9 Å². The van der Waals surface area contributed by atoms with Gasteiger partial charge in [-0.05, 0) is 80.0 Å². The molecule has 430 valence electrons. The van der Waals surface area contributed by atoms with E-state index < -0.39 is 167 Å². The number of hydrogen-bond acceptors (Lipinski definition) is 24. The first-order valence-corrected chi connectivity index (χ1v) is 27.3. The summed E-state index contributed by atoms with van der Waals surface area (Å²) in [6.07, 6.45) is -29.7. The maximum absolute atomic E-state index is 14.7. The van der Waals surface area contributed by atoms with Gasteiger partial charge in [0.1, 0.15) is 103 Å². The topological polar surface area (TPSA) is 372 Å². The molecule has 0 aromatic heterocycles. The van der Waals surface area contributed by atoms with Crippen LogP contribution in [0.4, 0.5) is 0 Å². The molecule has 0 radical (unpaired) electrons. The second-order valence-electron chi connectivity index (χ2n) is 24.2. The Morgan fingerprint density at radius 2 is 1.09 bits per heavy atom. The molecule has 4 saturated carbocycles. The van der Waals surface area contributed by atoms with Crippen molar-refractivity contribution in [3.05, 3.63) is 0 Å². The highest BCUT2D eigenvalue weighted by molar-refractivity contribution is 5.87. The van der Waals surface area contributed by atoms with Crippen molar-refractivity contribution in [1.29, 1.82) is 0 Å². The second-order valence-corrected chi connectivity index (χ2v) is 24.2. The Labute approximate surface area is 435 Å². The molecule has 6 heterocycles. The van der Waals surface area contributed by atoms with Crippen LogP contribution >= 0.6 is 0 Å². The number of carbonyl (C=O) groups is 1. The first-order chi connectivity index (χ1) is 35.6. The minimum Gasteiger partial charge on any atom is -0.394 e. The van der Waals surface area contributed by atoms with Crippen molar-refractivity contribution >= 4 is 5.78 Å². The Hall–Kier alpha value is -1.25. The standard InChI is InChI=1S/C51H82O24/c1-19-7-10-51(66-18-19)20(2)32-26(75-51)12-25-23-6-5-21-11-22(8-9-49(21,3)24(23)13-31(56)50(25,32)4)67-45-41(65)38(62)42(30(17-55)71-45)72-48-44(74-47-40(64)37(61)34(58)28(15-53)69-47)43(35(59)29(16-54)70-48)73-46-39(63)36(60)33(57)27(14-52)68-46/h19-30,32-48,52-55,57-65H,5-18H2,1-4H3/t19-,20+,21+,22+,23-,24+,25+,26+,27-,28-,29-,30-,32+,33-,34-,35-,36+,37+,38-,39-,40-,41-,42+,43+,44-,45-,46+,47+,48+,49+,50-,51-/m1/s1. The zero-order valence-corrected chi connectivity index (χ0v) is 42.9. The number of Topliss-reactive ketones (excluding diaryl/α,β-unsaturated/α-hetero) is 1. The van der Waals surface area contributed by atoms with Crippen molar-refractivity contribution in [2.75, 3.05) is 33.0 Å². The Morgan fingerprint density at radius 1 is 0.547 bits per heavy atom. The van der Waals surface area contributed by atoms with Crippen molar-refractivity contribution in [2.45, 2.75) is 226 Å².